The van der Waals surface area contributed by atoms with Crippen molar-refractivity contribution in [3.63, 3.8) is 0 Å². The first-order valence-corrected chi connectivity index (χ1v) is 6.99. The molecular formula is C15H22N2O2. The zero-order valence-electron chi connectivity index (χ0n) is 11.2. The van der Waals surface area contributed by atoms with E-state index in [9.17, 15) is 4.79 Å². The highest BCUT2D eigenvalue weighted by Crippen LogP contribution is 2.33. The SMILES string of the molecule is Nc1ccccc1OCCC(=O)NCCCC1CC1. The summed E-state index contributed by atoms with van der Waals surface area (Å²) < 4.78 is 5.48. The van der Waals surface area contributed by atoms with Gasteiger partial charge in [0.15, 0.2) is 0 Å². The van der Waals surface area contributed by atoms with E-state index in [2.05, 4.69) is 5.32 Å². The largest absolute Gasteiger partial charge is 0.491 e. The Morgan fingerprint density at radius 3 is 2.89 bits per heavy atom. The highest BCUT2D eigenvalue weighted by molar-refractivity contribution is 5.75. The highest BCUT2D eigenvalue weighted by Gasteiger charge is 2.20. The first-order chi connectivity index (χ1) is 9.25. The lowest BCUT2D eigenvalue weighted by Gasteiger charge is -2.08. The Morgan fingerprint density at radius 2 is 2.16 bits per heavy atom. The van der Waals surface area contributed by atoms with Crippen LogP contribution in [0.15, 0.2) is 24.3 Å². The number of hydrogen-bond acceptors (Lipinski definition) is 3. The van der Waals surface area contributed by atoms with Crippen LogP contribution in [-0.2, 0) is 4.79 Å². The van der Waals surface area contributed by atoms with E-state index in [1.807, 2.05) is 18.2 Å². The van der Waals surface area contributed by atoms with E-state index in [0.29, 0.717) is 24.5 Å². The molecule has 1 fully saturated rings. The summed E-state index contributed by atoms with van der Waals surface area (Å²) in [6.45, 7) is 1.14. The van der Waals surface area contributed by atoms with Crippen molar-refractivity contribution in [2.24, 2.45) is 5.92 Å². The molecular weight excluding hydrogens is 240 g/mol. The molecule has 0 unspecified atom stereocenters. The van der Waals surface area contributed by atoms with Crippen LogP contribution >= 0.6 is 0 Å². The van der Waals surface area contributed by atoms with Crippen LogP contribution in [0.2, 0.25) is 0 Å². The smallest absolute Gasteiger partial charge is 0.223 e. The van der Waals surface area contributed by atoms with Crippen LogP contribution in [0.4, 0.5) is 5.69 Å². The molecule has 1 aliphatic rings. The molecule has 3 N–H and O–H groups in total. The van der Waals surface area contributed by atoms with Crippen molar-refractivity contribution in [3.8, 4) is 5.75 Å². The monoisotopic (exact) mass is 262 g/mol. The number of nitrogen functional groups attached to an aromatic ring is 1. The summed E-state index contributed by atoms with van der Waals surface area (Å²) in [5.41, 5.74) is 6.35. The lowest BCUT2D eigenvalue weighted by Crippen LogP contribution is -2.26. The van der Waals surface area contributed by atoms with Gasteiger partial charge in [-0.1, -0.05) is 25.0 Å². The Bertz CT molecular complexity index is 416. The van der Waals surface area contributed by atoms with Crippen molar-refractivity contribution < 1.29 is 9.53 Å². The molecule has 0 bridgehead atoms. The van der Waals surface area contributed by atoms with Crippen LogP contribution < -0.4 is 15.8 Å². The van der Waals surface area contributed by atoms with Gasteiger partial charge in [0.1, 0.15) is 5.75 Å². The highest BCUT2D eigenvalue weighted by atomic mass is 16.5. The second-order valence-corrected chi connectivity index (χ2v) is 5.07. The van der Waals surface area contributed by atoms with Gasteiger partial charge in [0.25, 0.3) is 0 Å². The molecule has 0 atom stereocenters. The number of rotatable bonds is 8. The zero-order chi connectivity index (χ0) is 13.5. The molecule has 0 radical (unpaired) electrons. The van der Waals surface area contributed by atoms with E-state index in [1.165, 1.54) is 19.3 Å². The van der Waals surface area contributed by atoms with Crippen LogP contribution in [0.3, 0.4) is 0 Å². The minimum Gasteiger partial charge on any atom is -0.491 e. The third kappa shape index (κ3) is 5.20. The number of nitrogens with one attached hydrogen (secondary N) is 1. The van der Waals surface area contributed by atoms with Crippen molar-refractivity contribution >= 4 is 11.6 Å². The molecule has 0 saturated heterocycles. The molecule has 2 rings (SSSR count). The minimum atomic E-state index is 0.0466. The standard InChI is InChI=1S/C15H22N2O2/c16-13-5-1-2-6-14(13)19-11-9-15(18)17-10-3-4-12-7-8-12/h1-2,5-6,12H,3-4,7-11,16H2,(H,17,18). The summed E-state index contributed by atoms with van der Waals surface area (Å²) in [4.78, 5) is 11.6. The number of carbonyl (C=O) groups excluding carboxylic acids is 1. The first-order valence-electron chi connectivity index (χ1n) is 6.99. The van der Waals surface area contributed by atoms with Gasteiger partial charge in [0.05, 0.1) is 18.7 Å². The van der Waals surface area contributed by atoms with Crippen LogP contribution in [-0.4, -0.2) is 19.1 Å². The Balaban J connectivity index is 1.54. The molecule has 104 valence electrons. The van der Waals surface area contributed by atoms with Crippen molar-refractivity contribution in [2.45, 2.75) is 32.1 Å². The number of nitrogens with two attached hydrogens (primary N) is 1. The third-order valence-electron chi connectivity index (χ3n) is 3.31. The molecule has 0 aromatic heterocycles. The van der Waals surface area contributed by atoms with Crippen molar-refractivity contribution in [2.75, 3.05) is 18.9 Å². The molecule has 0 spiro atoms. The van der Waals surface area contributed by atoms with Crippen LogP contribution in [0.1, 0.15) is 32.1 Å². The number of anilines is 1. The van der Waals surface area contributed by atoms with Crippen molar-refractivity contribution in [1.82, 2.24) is 5.32 Å². The van der Waals surface area contributed by atoms with E-state index < -0.39 is 0 Å². The van der Waals surface area contributed by atoms with Crippen molar-refractivity contribution in [1.29, 1.82) is 0 Å². The van der Waals surface area contributed by atoms with E-state index >= 15 is 0 Å². The Labute approximate surface area is 114 Å². The van der Waals surface area contributed by atoms with Gasteiger partial charge >= 0.3 is 0 Å². The van der Waals surface area contributed by atoms with Gasteiger partial charge in [-0.25, -0.2) is 0 Å². The maximum atomic E-state index is 11.6. The summed E-state index contributed by atoms with van der Waals surface area (Å²) in [6.07, 6.45) is 5.46. The minimum absolute atomic E-state index is 0.0466. The average Bonchev–Trinajstić information content (AvgIpc) is 3.21. The van der Waals surface area contributed by atoms with Gasteiger partial charge in [0, 0.05) is 6.54 Å². The first kappa shape index (κ1) is 13.7. The molecule has 0 heterocycles. The average molecular weight is 262 g/mol. The molecule has 1 aromatic carbocycles. The molecule has 4 heteroatoms. The van der Waals surface area contributed by atoms with E-state index in [4.69, 9.17) is 10.5 Å². The van der Waals surface area contributed by atoms with Crippen molar-refractivity contribution in [3.05, 3.63) is 24.3 Å². The summed E-state index contributed by atoms with van der Waals surface area (Å²) in [6, 6.07) is 7.31. The second kappa shape index (κ2) is 7.02. The normalized spacial score (nSPS) is 14.1. The van der Waals surface area contributed by atoms with E-state index in [0.717, 1.165) is 18.9 Å². The molecule has 1 aromatic rings. The predicted molar refractivity (Wildman–Crippen MR) is 75.9 cm³/mol. The number of carbonyl (C=O) groups is 1. The summed E-state index contributed by atoms with van der Waals surface area (Å²) in [5.74, 6) is 1.62. The van der Waals surface area contributed by atoms with Gasteiger partial charge in [-0.3, -0.25) is 4.79 Å². The molecule has 0 aliphatic heterocycles. The fourth-order valence-electron chi connectivity index (χ4n) is 1.98. The lowest BCUT2D eigenvalue weighted by molar-refractivity contribution is -0.121. The van der Waals surface area contributed by atoms with Gasteiger partial charge in [-0.05, 0) is 30.9 Å². The predicted octanol–water partition coefficient (Wildman–Crippen LogP) is 2.34. The zero-order valence-corrected chi connectivity index (χ0v) is 11.2. The Hall–Kier alpha value is -1.71. The maximum absolute atomic E-state index is 11.6. The maximum Gasteiger partial charge on any atom is 0.223 e. The summed E-state index contributed by atoms with van der Waals surface area (Å²) >= 11 is 0. The van der Waals surface area contributed by atoms with Crippen LogP contribution in [0.5, 0.6) is 5.75 Å². The topological polar surface area (TPSA) is 64.3 Å². The number of para-hydroxylation sites is 2. The molecule has 19 heavy (non-hydrogen) atoms. The second-order valence-electron chi connectivity index (χ2n) is 5.07. The van der Waals surface area contributed by atoms with Gasteiger partial charge < -0.3 is 15.8 Å². The number of hydrogen-bond donors (Lipinski definition) is 2. The number of amides is 1. The van der Waals surface area contributed by atoms with Gasteiger partial charge in [-0.2, -0.15) is 0 Å². The van der Waals surface area contributed by atoms with E-state index in [1.54, 1.807) is 6.07 Å². The molecule has 1 saturated carbocycles. The lowest BCUT2D eigenvalue weighted by atomic mass is 10.2. The number of ether oxygens (including phenoxy) is 1. The van der Waals surface area contributed by atoms with Crippen LogP contribution in [0, 0.1) is 5.92 Å². The number of benzene rings is 1. The summed E-state index contributed by atoms with van der Waals surface area (Å²) in [7, 11) is 0. The Morgan fingerprint density at radius 1 is 1.37 bits per heavy atom. The molecule has 1 amide bonds. The molecule has 1 aliphatic carbocycles. The summed E-state index contributed by atoms with van der Waals surface area (Å²) in [5, 5.41) is 2.92. The quantitative estimate of drug-likeness (QED) is 0.558. The van der Waals surface area contributed by atoms with Gasteiger partial charge in [0.2, 0.25) is 5.91 Å². The fraction of sp³-hybridized carbons (Fsp3) is 0.533. The fourth-order valence-corrected chi connectivity index (χ4v) is 1.98. The van der Waals surface area contributed by atoms with Crippen LogP contribution in [0.25, 0.3) is 0 Å². The molecule has 4 nitrogen and oxygen atoms in total. The third-order valence-corrected chi connectivity index (χ3v) is 3.31. The van der Waals surface area contributed by atoms with E-state index in [-0.39, 0.29) is 5.91 Å². The van der Waals surface area contributed by atoms with Gasteiger partial charge in [-0.15, -0.1) is 0 Å². The Kier molecular flexibility index (Phi) is 5.07.